The third kappa shape index (κ3) is 5.62. The minimum absolute atomic E-state index is 0.0655. The van der Waals surface area contributed by atoms with E-state index in [-0.39, 0.29) is 42.7 Å². The van der Waals surface area contributed by atoms with Crippen LogP contribution in [0.1, 0.15) is 22.8 Å². The average Bonchev–Trinajstić information content (AvgIpc) is 2.77. The first-order chi connectivity index (χ1) is 14.8. The van der Waals surface area contributed by atoms with Crippen LogP contribution < -0.4 is 4.74 Å². The maximum Gasteiger partial charge on any atom is 0.338 e. The second kappa shape index (κ2) is 9.93. The summed E-state index contributed by atoms with van der Waals surface area (Å²) >= 11 is 0. The van der Waals surface area contributed by atoms with Gasteiger partial charge in [0.2, 0.25) is 15.9 Å². The summed E-state index contributed by atoms with van der Waals surface area (Å²) in [5, 5.41) is 0. The minimum Gasteiger partial charge on any atom is -0.490 e. The number of hydrogen-bond donors (Lipinski definition) is 0. The zero-order valence-electron chi connectivity index (χ0n) is 17.6. The predicted octanol–water partition coefficient (Wildman–Crippen LogP) is 2.08. The average molecular weight is 447 g/mol. The van der Waals surface area contributed by atoms with Gasteiger partial charge in [0.1, 0.15) is 19.0 Å². The van der Waals surface area contributed by atoms with Gasteiger partial charge in [-0.2, -0.15) is 4.31 Å². The third-order valence-electron chi connectivity index (χ3n) is 5.08. The van der Waals surface area contributed by atoms with Gasteiger partial charge in [-0.05, 0) is 42.8 Å². The van der Waals surface area contributed by atoms with Crippen molar-refractivity contribution < 1.29 is 27.5 Å². The number of esters is 1. The highest BCUT2D eigenvalue weighted by Gasteiger charge is 2.29. The molecule has 166 valence electrons. The molecule has 0 unspecified atom stereocenters. The fraction of sp³-hybridized carbons (Fsp3) is 0.364. The van der Waals surface area contributed by atoms with Gasteiger partial charge in [0, 0.05) is 33.1 Å². The van der Waals surface area contributed by atoms with Crippen LogP contribution in [0.15, 0.2) is 53.4 Å². The van der Waals surface area contributed by atoms with Crippen LogP contribution in [0.3, 0.4) is 0 Å². The van der Waals surface area contributed by atoms with Crippen LogP contribution in [0.25, 0.3) is 0 Å². The smallest absolute Gasteiger partial charge is 0.338 e. The highest BCUT2D eigenvalue weighted by Crippen LogP contribution is 2.19. The zero-order valence-corrected chi connectivity index (χ0v) is 18.4. The Morgan fingerprint density at radius 2 is 1.58 bits per heavy atom. The van der Waals surface area contributed by atoms with Crippen LogP contribution in [0.5, 0.6) is 5.75 Å². The molecule has 0 bridgehead atoms. The van der Waals surface area contributed by atoms with E-state index in [1.807, 2.05) is 31.2 Å². The number of piperazine rings is 1. The Labute approximate surface area is 182 Å². The van der Waals surface area contributed by atoms with Crippen LogP contribution >= 0.6 is 0 Å². The molecule has 0 atom stereocenters. The largest absolute Gasteiger partial charge is 0.490 e. The Morgan fingerprint density at radius 1 is 0.935 bits per heavy atom. The topological polar surface area (TPSA) is 93.2 Å². The van der Waals surface area contributed by atoms with E-state index in [1.165, 1.54) is 35.5 Å². The second-order valence-electron chi connectivity index (χ2n) is 7.18. The van der Waals surface area contributed by atoms with Gasteiger partial charge < -0.3 is 14.4 Å². The monoisotopic (exact) mass is 446 g/mol. The van der Waals surface area contributed by atoms with Crippen molar-refractivity contribution in [3.05, 3.63) is 59.7 Å². The first-order valence-electron chi connectivity index (χ1n) is 10.0. The lowest BCUT2D eigenvalue weighted by Crippen LogP contribution is -2.49. The first-order valence-corrected chi connectivity index (χ1v) is 11.4. The number of carbonyl (C=O) groups excluding carboxylic acids is 2. The maximum atomic E-state index is 12.8. The molecular weight excluding hydrogens is 420 g/mol. The van der Waals surface area contributed by atoms with E-state index >= 15 is 0 Å². The summed E-state index contributed by atoms with van der Waals surface area (Å²) in [4.78, 5) is 25.3. The van der Waals surface area contributed by atoms with Gasteiger partial charge in [-0.3, -0.25) is 4.79 Å². The Morgan fingerprint density at radius 3 is 2.19 bits per heavy atom. The summed E-state index contributed by atoms with van der Waals surface area (Å²) in [5.74, 6) is 0.119. The highest BCUT2D eigenvalue weighted by molar-refractivity contribution is 7.89. The van der Waals surface area contributed by atoms with E-state index in [9.17, 15) is 18.0 Å². The van der Waals surface area contributed by atoms with E-state index in [2.05, 4.69) is 0 Å². The Hall–Kier alpha value is -2.91. The molecule has 2 aromatic carbocycles. The Bertz CT molecular complexity index is 1030. The van der Waals surface area contributed by atoms with Crippen molar-refractivity contribution in [2.24, 2.45) is 0 Å². The number of para-hydroxylation sites is 1. The van der Waals surface area contributed by atoms with E-state index in [1.54, 1.807) is 4.90 Å². The van der Waals surface area contributed by atoms with Gasteiger partial charge >= 0.3 is 5.97 Å². The lowest BCUT2D eigenvalue weighted by Gasteiger charge is -2.33. The SMILES string of the molecule is CC(=O)N1CCN(S(=O)(=O)c2ccc(C(=O)OCCOc3ccccc3C)cc2)CC1. The summed E-state index contributed by atoms with van der Waals surface area (Å²) in [6, 6.07) is 13.2. The summed E-state index contributed by atoms with van der Waals surface area (Å²) in [5.41, 5.74) is 1.25. The highest BCUT2D eigenvalue weighted by atomic mass is 32.2. The molecule has 1 aliphatic heterocycles. The zero-order chi connectivity index (χ0) is 22.4. The number of benzene rings is 2. The number of amides is 1. The number of aryl methyl sites for hydroxylation is 1. The quantitative estimate of drug-likeness (QED) is 0.478. The molecule has 0 aliphatic carbocycles. The summed E-state index contributed by atoms with van der Waals surface area (Å²) in [6.45, 7) is 4.91. The van der Waals surface area contributed by atoms with Crippen molar-refractivity contribution in [3.8, 4) is 5.75 Å². The molecule has 0 spiro atoms. The summed E-state index contributed by atoms with van der Waals surface area (Å²) in [6.07, 6.45) is 0. The van der Waals surface area contributed by atoms with Gasteiger partial charge in [-0.1, -0.05) is 18.2 Å². The van der Waals surface area contributed by atoms with Crippen molar-refractivity contribution in [1.82, 2.24) is 9.21 Å². The van der Waals surface area contributed by atoms with Crippen LogP contribution in [0.4, 0.5) is 0 Å². The van der Waals surface area contributed by atoms with Crippen LogP contribution in [-0.2, 0) is 19.6 Å². The standard InChI is InChI=1S/C22H26N2O6S/c1-17-5-3-4-6-21(17)29-15-16-30-22(26)19-7-9-20(10-8-19)31(27,28)24-13-11-23(12-14-24)18(2)25/h3-10H,11-16H2,1-2H3. The van der Waals surface area contributed by atoms with Crippen LogP contribution in [0, 0.1) is 6.92 Å². The molecule has 0 saturated carbocycles. The number of nitrogens with zero attached hydrogens (tertiary/aromatic N) is 2. The molecule has 0 aromatic heterocycles. The summed E-state index contributed by atoms with van der Waals surface area (Å²) in [7, 11) is -3.69. The van der Waals surface area contributed by atoms with Crippen molar-refractivity contribution >= 4 is 21.9 Å². The van der Waals surface area contributed by atoms with Gasteiger partial charge in [0.15, 0.2) is 0 Å². The van der Waals surface area contributed by atoms with Crippen molar-refractivity contribution in [2.45, 2.75) is 18.7 Å². The number of sulfonamides is 1. The lowest BCUT2D eigenvalue weighted by molar-refractivity contribution is -0.129. The van der Waals surface area contributed by atoms with E-state index < -0.39 is 16.0 Å². The molecule has 0 radical (unpaired) electrons. The first kappa shape index (κ1) is 22.8. The molecule has 1 heterocycles. The van der Waals surface area contributed by atoms with E-state index in [0.29, 0.717) is 13.1 Å². The molecule has 1 saturated heterocycles. The third-order valence-corrected chi connectivity index (χ3v) is 6.99. The normalized spacial score (nSPS) is 14.8. The molecule has 3 rings (SSSR count). The Kier molecular flexibility index (Phi) is 7.29. The van der Waals surface area contributed by atoms with Gasteiger partial charge in [-0.15, -0.1) is 0 Å². The van der Waals surface area contributed by atoms with Gasteiger partial charge in [0.05, 0.1) is 10.5 Å². The maximum absolute atomic E-state index is 12.8. The molecule has 9 heteroatoms. The Balaban J connectivity index is 1.52. The number of hydrogen-bond acceptors (Lipinski definition) is 6. The number of ether oxygens (including phenoxy) is 2. The van der Waals surface area contributed by atoms with Crippen molar-refractivity contribution in [2.75, 3.05) is 39.4 Å². The van der Waals surface area contributed by atoms with Gasteiger partial charge in [-0.25, -0.2) is 13.2 Å². The number of carbonyl (C=O) groups is 2. The minimum atomic E-state index is -3.69. The van der Waals surface area contributed by atoms with Crippen LogP contribution in [-0.4, -0.2) is 68.9 Å². The van der Waals surface area contributed by atoms with Crippen molar-refractivity contribution in [1.29, 1.82) is 0 Å². The van der Waals surface area contributed by atoms with E-state index in [4.69, 9.17) is 9.47 Å². The molecule has 1 fully saturated rings. The molecule has 0 N–H and O–H groups in total. The fourth-order valence-corrected chi connectivity index (χ4v) is 4.67. The fourth-order valence-electron chi connectivity index (χ4n) is 3.24. The van der Waals surface area contributed by atoms with Gasteiger partial charge in [0.25, 0.3) is 0 Å². The molecule has 8 nitrogen and oxygen atoms in total. The molecule has 1 amide bonds. The lowest BCUT2D eigenvalue weighted by atomic mass is 10.2. The summed E-state index contributed by atoms with van der Waals surface area (Å²) < 4.78 is 37.8. The molecule has 31 heavy (non-hydrogen) atoms. The van der Waals surface area contributed by atoms with Crippen molar-refractivity contribution in [3.63, 3.8) is 0 Å². The molecule has 1 aliphatic rings. The molecule has 2 aromatic rings. The number of rotatable bonds is 7. The van der Waals surface area contributed by atoms with Crippen LogP contribution in [0.2, 0.25) is 0 Å². The molecular formula is C22H26N2O6S. The second-order valence-corrected chi connectivity index (χ2v) is 9.12. The van der Waals surface area contributed by atoms with E-state index in [0.717, 1.165) is 11.3 Å². The predicted molar refractivity (Wildman–Crippen MR) is 114 cm³/mol.